The number of rotatable bonds is 5. The average molecular weight is 397 g/mol. The summed E-state index contributed by atoms with van der Waals surface area (Å²) >= 11 is 0. The number of hydrazone groups is 1. The Balaban J connectivity index is 1.70. The zero-order valence-electron chi connectivity index (χ0n) is 16.6. The second-order valence-corrected chi connectivity index (χ2v) is 7.63. The van der Waals surface area contributed by atoms with Gasteiger partial charge < -0.3 is 10.1 Å². The lowest BCUT2D eigenvalue weighted by molar-refractivity contribution is -0.140. The number of ether oxygens (including phenoxy) is 1. The molecule has 0 saturated carbocycles. The second-order valence-electron chi connectivity index (χ2n) is 7.63. The third-order valence-corrected chi connectivity index (χ3v) is 4.22. The largest absolute Gasteiger partial charge is 0.451 e. The normalized spacial score (nSPS) is 14.0. The van der Waals surface area contributed by atoms with E-state index in [-0.39, 0.29) is 29.9 Å². The van der Waals surface area contributed by atoms with Crippen LogP contribution in [-0.4, -0.2) is 39.9 Å². The molecule has 1 aromatic heterocycles. The van der Waals surface area contributed by atoms with Crippen LogP contribution in [0.3, 0.4) is 0 Å². The summed E-state index contributed by atoms with van der Waals surface area (Å²) in [6.45, 7) is 5.61. The summed E-state index contributed by atoms with van der Waals surface area (Å²) in [6.07, 6.45) is 0.341. The molecule has 0 saturated heterocycles. The second kappa shape index (κ2) is 8.26. The van der Waals surface area contributed by atoms with Crippen LogP contribution in [-0.2, 0) is 24.5 Å². The molecule has 0 aliphatic carbocycles. The number of anilines is 1. The van der Waals surface area contributed by atoms with Crippen LogP contribution < -0.4 is 10.7 Å². The number of nitrogens with zero attached hydrogens (tertiary/aromatic N) is 3. The van der Waals surface area contributed by atoms with Crippen molar-refractivity contribution in [3.05, 3.63) is 42.1 Å². The zero-order chi connectivity index (χ0) is 21.0. The molecule has 2 amide bonds. The molecule has 2 aromatic rings. The Bertz CT molecular complexity index is 957. The van der Waals surface area contributed by atoms with Crippen LogP contribution in [0.25, 0.3) is 5.69 Å². The highest BCUT2D eigenvalue weighted by Crippen LogP contribution is 2.26. The average Bonchev–Trinajstić information content (AvgIpc) is 3.11. The Labute approximate surface area is 168 Å². The number of amides is 2. The van der Waals surface area contributed by atoms with Gasteiger partial charge in [-0.1, -0.05) is 39.0 Å². The maximum atomic E-state index is 12.4. The van der Waals surface area contributed by atoms with Gasteiger partial charge in [-0.15, -0.1) is 0 Å². The van der Waals surface area contributed by atoms with Gasteiger partial charge in [0.1, 0.15) is 11.5 Å². The molecular formula is C20H23N5O4. The van der Waals surface area contributed by atoms with E-state index in [1.165, 1.54) is 0 Å². The molecule has 0 spiro atoms. The van der Waals surface area contributed by atoms with E-state index in [1.54, 1.807) is 10.7 Å². The molecule has 9 nitrogen and oxygen atoms in total. The first-order chi connectivity index (χ1) is 13.7. The summed E-state index contributed by atoms with van der Waals surface area (Å²) < 4.78 is 6.65. The molecule has 29 heavy (non-hydrogen) atoms. The minimum absolute atomic E-state index is 0.0850. The lowest BCUT2D eigenvalue weighted by Crippen LogP contribution is -2.32. The number of para-hydroxylation sites is 1. The van der Waals surface area contributed by atoms with Crippen molar-refractivity contribution in [2.24, 2.45) is 5.10 Å². The maximum Gasteiger partial charge on any atom is 0.355 e. The van der Waals surface area contributed by atoms with Gasteiger partial charge in [0.2, 0.25) is 5.91 Å². The minimum Gasteiger partial charge on any atom is -0.451 e. The molecule has 0 radical (unpaired) electrons. The number of nitrogens with one attached hydrogen (secondary N) is 2. The van der Waals surface area contributed by atoms with Crippen LogP contribution >= 0.6 is 0 Å². The smallest absolute Gasteiger partial charge is 0.355 e. The minimum atomic E-state index is -0.730. The molecule has 0 atom stereocenters. The van der Waals surface area contributed by atoms with Crippen molar-refractivity contribution in [1.29, 1.82) is 0 Å². The Kier molecular flexibility index (Phi) is 5.76. The van der Waals surface area contributed by atoms with Gasteiger partial charge in [-0.2, -0.15) is 10.2 Å². The van der Waals surface area contributed by atoms with Crippen LogP contribution in [0.15, 0.2) is 41.5 Å². The number of carbonyl (C=O) groups is 3. The SMILES string of the molecule is CC(C)(C)c1cc(NC(=O)COC(=O)C2=NNC(=O)CC2)n(-c2ccccc2)n1. The first kappa shape index (κ1) is 20.2. The summed E-state index contributed by atoms with van der Waals surface area (Å²) in [5.41, 5.74) is 3.69. The monoisotopic (exact) mass is 397 g/mol. The molecule has 2 heterocycles. The number of hydrogen-bond acceptors (Lipinski definition) is 6. The highest BCUT2D eigenvalue weighted by molar-refractivity contribution is 6.37. The predicted octanol–water partition coefficient (Wildman–Crippen LogP) is 1.92. The van der Waals surface area contributed by atoms with Crippen molar-refractivity contribution >= 4 is 29.3 Å². The summed E-state index contributed by atoms with van der Waals surface area (Å²) in [5, 5.41) is 11.0. The summed E-state index contributed by atoms with van der Waals surface area (Å²) in [6, 6.07) is 11.2. The quantitative estimate of drug-likeness (QED) is 0.748. The van der Waals surface area contributed by atoms with Crippen LogP contribution in [0.1, 0.15) is 39.3 Å². The Morgan fingerprint density at radius 3 is 2.55 bits per heavy atom. The molecule has 0 fully saturated rings. The zero-order valence-corrected chi connectivity index (χ0v) is 16.6. The van der Waals surface area contributed by atoms with Crippen LogP contribution in [0.5, 0.6) is 0 Å². The third kappa shape index (κ3) is 5.07. The van der Waals surface area contributed by atoms with E-state index in [1.807, 2.05) is 51.1 Å². The Morgan fingerprint density at radius 2 is 1.93 bits per heavy atom. The van der Waals surface area contributed by atoms with E-state index in [4.69, 9.17) is 4.74 Å². The van der Waals surface area contributed by atoms with Gasteiger partial charge in [-0.3, -0.25) is 9.59 Å². The highest BCUT2D eigenvalue weighted by Gasteiger charge is 2.23. The van der Waals surface area contributed by atoms with Gasteiger partial charge in [0, 0.05) is 24.3 Å². The van der Waals surface area contributed by atoms with Crippen LogP contribution in [0, 0.1) is 0 Å². The van der Waals surface area contributed by atoms with E-state index in [0.717, 1.165) is 11.4 Å². The maximum absolute atomic E-state index is 12.4. The highest BCUT2D eigenvalue weighted by atomic mass is 16.5. The van der Waals surface area contributed by atoms with Gasteiger partial charge in [0.15, 0.2) is 6.61 Å². The molecule has 0 bridgehead atoms. The fourth-order valence-electron chi connectivity index (χ4n) is 2.62. The molecule has 3 rings (SSSR count). The lowest BCUT2D eigenvalue weighted by Gasteiger charge is -2.14. The van der Waals surface area contributed by atoms with E-state index in [0.29, 0.717) is 5.82 Å². The number of aromatic nitrogens is 2. The molecule has 1 aliphatic rings. The van der Waals surface area contributed by atoms with E-state index >= 15 is 0 Å². The molecule has 1 aromatic carbocycles. The molecule has 2 N–H and O–H groups in total. The lowest BCUT2D eigenvalue weighted by atomic mass is 9.92. The van der Waals surface area contributed by atoms with Gasteiger partial charge >= 0.3 is 5.97 Å². The Morgan fingerprint density at radius 1 is 1.21 bits per heavy atom. The first-order valence-corrected chi connectivity index (χ1v) is 9.22. The predicted molar refractivity (Wildman–Crippen MR) is 107 cm³/mol. The molecule has 9 heteroatoms. The fraction of sp³-hybridized carbons (Fsp3) is 0.350. The summed E-state index contributed by atoms with van der Waals surface area (Å²) in [7, 11) is 0. The molecule has 1 aliphatic heterocycles. The van der Waals surface area contributed by atoms with E-state index in [9.17, 15) is 14.4 Å². The standard InChI is InChI=1S/C20H23N5O4/c1-20(2,3)15-11-16(25(24-15)13-7-5-4-6-8-13)21-18(27)12-29-19(28)14-9-10-17(26)23-22-14/h4-8,11H,9-10,12H2,1-3H3,(H,21,27)(H,23,26). The van der Waals surface area contributed by atoms with Crippen molar-refractivity contribution < 1.29 is 19.1 Å². The Hall–Kier alpha value is -3.49. The topological polar surface area (TPSA) is 115 Å². The van der Waals surface area contributed by atoms with Crippen molar-refractivity contribution in [3.8, 4) is 5.69 Å². The van der Waals surface area contributed by atoms with E-state index in [2.05, 4.69) is 20.9 Å². The van der Waals surface area contributed by atoms with Gasteiger partial charge in [0.05, 0.1) is 11.4 Å². The molecule has 0 unspecified atom stereocenters. The third-order valence-electron chi connectivity index (χ3n) is 4.22. The van der Waals surface area contributed by atoms with Crippen molar-refractivity contribution in [3.63, 3.8) is 0 Å². The van der Waals surface area contributed by atoms with Crippen molar-refractivity contribution in [2.75, 3.05) is 11.9 Å². The van der Waals surface area contributed by atoms with Gasteiger partial charge in [-0.05, 0) is 12.1 Å². The summed E-state index contributed by atoms with van der Waals surface area (Å²) in [5.74, 6) is -1.02. The summed E-state index contributed by atoms with van der Waals surface area (Å²) in [4.78, 5) is 35.4. The number of hydrogen-bond donors (Lipinski definition) is 2. The van der Waals surface area contributed by atoms with Crippen LogP contribution in [0.2, 0.25) is 0 Å². The molecule has 152 valence electrons. The van der Waals surface area contributed by atoms with E-state index < -0.39 is 18.5 Å². The first-order valence-electron chi connectivity index (χ1n) is 9.22. The number of carbonyl (C=O) groups excluding carboxylic acids is 3. The molecular weight excluding hydrogens is 374 g/mol. The fourth-order valence-corrected chi connectivity index (χ4v) is 2.62. The number of benzene rings is 1. The van der Waals surface area contributed by atoms with Gasteiger partial charge in [0.25, 0.3) is 5.91 Å². The van der Waals surface area contributed by atoms with Crippen molar-refractivity contribution in [2.45, 2.75) is 39.0 Å². The van der Waals surface area contributed by atoms with Crippen molar-refractivity contribution in [1.82, 2.24) is 15.2 Å². The number of esters is 1. The van der Waals surface area contributed by atoms with Gasteiger partial charge in [-0.25, -0.2) is 14.9 Å². The van der Waals surface area contributed by atoms with Crippen LogP contribution in [0.4, 0.5) is 5.82 Å².